The number of para-hydroxylation sites is 1. The molecule has 0 saturated heterocycles. The topological polar surface area (TPSA) is 125 Å². The number of carbonyl (C=O) groups is 1. The fraction of sp³-hybridized carbons (Fsp3) is 0.156. The molecule has 6 rings (SSSR count). The van der Waals surface area contributed by atoms with Gasteiger partial charge in [0, 0.05) is 42.1 Å². The predicted octanol–water partition coefficient (Wildman–Crippen LogP) is 4.63. The van der Waals surface area contributed by atoms with Gasteiger partial charge in [0.1, 0.15) is 5.56 Å². The van der Waals surface area contributed by atoms with E-state index in [1.54, 1.807) is 23.0 Å². The molecular weight excluding hydrogens is 528 g/mol. The summed E-state index contributed by atoms with van der Waals surface area (Å²) in [6.45, 7) is 5.82. The molecule has 0 bridgehead atoms. The number of carbonyl (C=O) groups excluding carboxylic acids is 1. The lowest BCUT2D eigenvalue weighted by Crippen LogP contribution is -2.32. The first-order valence-corrected chi connectivity index (χ1v) is 13.6. The largest absolute Gasteiger partial charge is 0.381 e. The number of nitrogen functional groups attached to an aromatic ring is 1. The smallest absolute Gasteiger partial charge is 0.263 e. The van der Waals surface area contributed by atoms with Gasteiger partial charge in [0.15, 0.2) is 11.5 Å². The van der Waals surface area contributed by atoms with Crippen LogP contribution in [0.15, 0.2) is 77.9 Å². The van der Waals surface area contributed by atoms with E-state index in [1.807, 2.05) is 99.3 Å². The number of pyridine rings is 1. The quantitative estimate of drug-likeness (QED) is 0.307. The molecule has 1 atom stereocenters. The monoisotopic (exact) mass is 558 g/mol. The van der Waals surface area contributed by atoms with Crippen LogP contribution in [-0.4, -0.2) is 34.9 Å². The Labute approximate surface area is 241 Å². The fourth-order valence-electron chi connectivity index (χ4n) is 5.38. The van der Waals surface area contributed by atoms with Gasteiger partial charge in [-0.3, -0.25) is 18.8 Å². The molecule has 0 aliphatic rings. The van der Waals surface area contributed by atoms with Gasteiger partial charge >= 0.3 is 0 Å². The zero-order chi connectivity index (χ0) is 29.5. The van der Waals surface area contributed by atoms with Crippen LogP contribution in [0, 0.1) is 13.8 Å². The Morgan fingerprint density at radius 3 is 2.55 bits per heavy atom. The van der Waals surface area contributed by atoms with E-state index in [2.05, 4.69) is 20.5 Å². The van der Waals surface area contributed by atoms with Gasteiger partial charge in [-0.05, 0) is 56.0 Å². The fourth-order valence-corrected chi connectivity index (χ4v) is 5.38. The third-order valence-corrected chi connectivity index (χ3v) is 7.56. The second kappa shape index (κ2) is 10.5. The highest BCUT2D eigenvalue weighted by atomic mass is 16.2. The molecule has 0 spiro atoms. The zero-order valence-electron chi connectivity index (χ0n) is 23.7. The maximum Gasteiger partial charge on any atom is 0.263 e. The maximum atomic E-state index is 14.3. The van der Waals surface area contributed by atoms with Crippen molar-refractivity contribution >= 4 is 40.3 Å². The second-order valence-corrected chi connectivity index (χ2v) is 10.2. The van der Waals surface area contributed by atoms with Crippen molar-refractivity contribution in [2.24, 2.45) is 7.05 Å². The number of aromatic nitrogens is 6. The summed E-state index contributed by atoms with van der Waals surface area (Å²) in [5.41, 5.74) is 11.5. The number of benzene rings is 2. The van der Waals surface area contributed by atoms with Gasteiger partial charge in [0.05, 0.1) is 17.1 Å². The van der Waals surface area contributed by atoms with Gasteiger partial charge in [-0.25, -0.2) is 9.50 Å². The average Bonchev–Trinajstić information content (AvgIpc) is 3.44. The molecule has 4 heterocycles. The first kappa shape index (κ1) is 26.7. The number of hydrogen-bond donors (Lipinski definition) is 2. The summed E-state index contributed by atoms with van der Waals surface area (Å²) < 4.78 is 4.97. The normalized spacial score (nSPS) is 12.4. The molecule has 1 amide bonds. The Morgan fingerprint density at radius 2 is 1.81 bits per heavy atom. The van der Waals surface area contributed by atoms with Gasteiger partial charge < -0.3 is 11.1 Å². The first-order chi connectivity index (χ1) is 20.2. The van der Waals surface area contributed by atoms with E-state index < -0.39 is 11.9 Å². The van der Waals surface area contributed by atoms with Gasteiger partial charge in [0.25, 0.3) is 11.5 Å². The number of amides is 1. The van der Waals surface area contributed by atoms with Gasteiger partial charge in [-0.15, -0.1) is 5.10 Å². The summed E-state index contributed by atoms with van der Waals surface area (Å²) in [6, 6.07) is 18.3. The average molecular weight is 559 g/mol. The van der Waals surface area contributed by atoms with Crippen molar-refractivity contribution in [1.82, 2.24) is 34.3 Å². The van der Waals surface area contributed by atoms with E-state index >= 15 is 0 Å². The summed E-state index contributed by atoms with van der Waals surface area (Å²) in [5.74, 6) is -0.354. The SMILES string of the molecule is Cc1nn(C)c(C)c1/C=C/c1cccc2cc([C@@H](C)NC(=O)c3c(N)nn4cccnc34)n(-c3ccccc3)c(=O)c12. The van der Waals surface area contributed by atoms with E-state index in [9.17, 15) is 9.59 Å². The van der Waals surface area contributed by atoms with Crippen LogP contribution in [0.3, 0.4) is 0 Å². The van der Waals surface area contributed by atoms with Gasteiger partial charge in [-0.1, -0.05) is 48.6 Å². The minimum atomic E-state index is -0.562. The van der Waals surface area contributed by atoms with Crippen LogP contribution < -0.4 is 16.6 Å². The Bertz CT molecular complexity index is 2070. The van der Waals surface area contributed by atoms with Gasteiger partial charge in [0.2, 0.25) is 0 Å². The molecule has 6 aromatic rings. The van der Waals surface area contributed by atoms with Crippen molar-refractivity contribution in [2.75, 3.05) is 5.73 Å². The van der Waals surface area contributed by atoms with Crippen molar-refractivity contribution in [3.05, 3.63) is 117 Å². The van der Waals surface area contributed by atoms with Crippen molar-refractivity contribution in [1.29, 1.82) is 0 Å². The van der Waals surface area contributed by atoms with Crippen LogP contribution >= 0.6 is 0 Å². The molecular formula is C32H30N8O2. The predicted molar refractivity (Wildman–Crippen MR) is 164 cm³/mol. The van der Waals surface area contributed by atoms with Crippen LogP contribution in [0.4, 0.5) is 5.82 Å². The standard InChI is InChI=1S/C32H30N8O2/c1-19-25(21(3)38(4)36-19)15-14-22-10-8-11-23-18-26(40(32(42)27(22)23)24-12-6-5-7-13-24)20(2)35-31(41)28-29(33)37-39-17-9-16-34-30(28)39/h5-18,20H,1-4H3,(H2,33,37)(H,35,41)/b15-14+/t20-/m1/s1. The number of nitrogens with two attached hydrogens (primary N) is 1. The molecule has 2 aromatic carbocycles. The molecule has 0 unspecified atom stereocenters. The summed E-state index contributed by atoms with van der Waals surface area (Å²) in [4.78, 5) is 32.1. The molecule has 42 heavy (non-hydrogen) atoms. The highest BCUT2D eigenvalue weighted by Gasteiger charge is 2.24. The summed E-state index contributed by atoms with van der Waals surface area (Å²) in [6.07, 6.45) is 7.22. The summed E-state index contributed by atoms with van der Waals surface area (Å²) in [5, 5.41) is 13.1. The molecule has 0 saturated carbocycles. The molecule has 0 fully saturated rings. The van der Waals surface area contributed by atoms with E-state index in [0.717, 1.165) is 27.9 Å². The molecule has 0 aliphatic heterocycles. The van der Waals surface area contributed by atoms with Crippen molar-refractivity contribution in [3.63, 3.8) is 0 Å². The first-order valence-electron chi connectivity index (χ1n) is 13.6. The number of aryl methyl sites for hydroxylation is 2. The highest BCUT2D eigenvalue weighted by Crippen LogP contribution is 2.26. The summed E-state index contributed by atoms with van der Waals surface area (Å²) >= 11 is 0. The Morgan fingerprint density at radius 1 is 1.02 bits per heavy atom. The Kier molecular flexibility index (Phi) is 6.66. The van der Waals surface area contributed by atoms with Crippen LogP contribution in [0.1, 0.15) is 51.5 Å². The molecule has 4 aromatic heterocycles. The van der Waals surface area contributed by atoms with Crippen molar-refractivity contribution in [2.45, 2.75) is 26.8 Å². The lowest BCUT2D eigenvalue weighted by Gasteiger charge is -2.21. The van der Waals surface area contributed by atoms with Crippen molar-refractivity contribution < 1.29 is 4.79 Å². The zero-order valence-corrected chi connectivity index (χ0v) is 23.7. The van der Waals surface area contributed by atoms with E-state index in [4.69, 9.17) is 5.73 Å². The van der Waals surface area contributed by atoms with Crippen LogP contribution in [0.5, 0.6) is 0 Å². The van der Waals surface area contributed by atoms with Crippen LogP contribution in [-0.2, 0) is 7.05 Å². The van der Waals surface area contributed by atoms with Crippen LogP contribution in [0.2, 0.25) is 0 Å². The maximum absolute atomic E-state index is 14.3. The van der Waals surface area contributed by atoms with Crippen LogP contribution in [0.25, 0.3) is 34.3 Å². The Balaban J connectivity index is 1.47. The number of nitrogens with zero attached hydrogens (tertiary/aromatic N) is 6. The molecule has 10 heteroatoms. The molecule has 0 aliphatic carbocycles. The number of anilines is 1. The van der Waals surface area contributed by atoms with Crippen molar-refractivity contribution in [3.8, 4) is 5.69 Å². The minimum Gasteiger partial charge on any atom is -0.381 e. The number of rotatable bonds is 6. The van der Waals surface area contributed by atoms with E-state index in [0.29, 0.717) is 22.4 Å². The molecule has 210 valence electrons. The molecule has 3 N–H and O–H groups in total. The van der Waals surface area contributed by atoms with Gasteiger partial charge in [-0.2, -0.15) is 5.10 Å². The minimum absolute atomic E-state index is 0.0767. The molecule has 10 nitrogen and oxygen atoms in total. The van der Waals surface area contributed by atoms with E-state index in [-0.39, 0.29) is 16.9 Å². The summed E-state index contributed by atoms with van der Waals surface area (Å²) in [7, 11) is 1.91. The third kappa shape index (κ3) is 4.52. The lowest BCUT2D eigenvalue weighted by molar-refractivity contribution is 0.0941. The molecule has 0 radical (unpaired) electrons. The van der Waals surface area contributed by atoms with E-state index in [1.165, 1.54) is 4.52 Å². The third-order valence-electron chi connectivity index (χ3n) is 7.56. The number of fused-ring (bicyclic) bond motifs is 2. The number of hydrogen-bond acceptors (Lipinski definition) is 6. The second-order valence-electron chi connectivity index (χ2n) is 10.2. The lowest BCUT2D eigenvalue weighted by atomic mass is 10.0. The Hall–Kier alpha value is -5.51. The highest BCUT2D eigenvalue weighted by molar-refractivity contribution is 6.04. The number of nitrogens with one attached hydrogen (secondary N) is 1.